The van der Waals surface area contributed by atoms with Crippen LogP contribution >= 0.6 is 0 Å². The number of primary amides is 1. The fourth-order valence-corrected chi connectivity index (χ4v) is 3.24. The Labute approximate surface area is 152 Å². The molecule has 0 aromatic heterocycles. The predicted molar refractivity (Wildman–Crippen MR) is 97.3 cm³/mol. The maximum atomic E-state index is 12.3. The lowest BCUT2D eigenvalue weighted by Gasteiger charge is -2.26. The smallest absolute Gasteiger partial charge is 0.258 e. The van der Waals surface area contributed by atoms with Gasteiger partial charge in [0.2, 0.25) is 0 Å². The fraction of sp³-hybridized carbons (Fsp3) is 0.300. The van der Waals surface area contributed by atoms with Crippen molar-refractivity contribution < 1.29 is 19.1 Å². The molecule has 2 aromatic rings. The van der Waals surface area contributed by atoms with Crippen molar-refractivity contribution >= 4 is 11.8 Å². The molecule has 1 atom stereocenters. The van der Waals surface area contributed by atoms with Crippen molar-refractivity contribution in [3.63, 3.8) is 0 Å². The number of fused-ring (bicyclic) bond motifs is 1. The maximum Gasteiger partial charge on any atom is 0.258 e. The van der Waals surface area contributed by atoms with E-state index in [9.17, 15) is 9.59 Å². The van der Waals surface area contributed by atoms with Crippen LogP contribution in [0.3, 0.4) is 0 Å². The zero-order chi connectivity index (χ0) is 18.5. The molecule has 0 fully saturated rings. The molecule has 6 heteroatoms. The first-order valence-electron chi connectivity index (χ1n) is 8.56. The van der Waals surface area contributed by atoms with Crippen LogP contribution in [0.2, 0.25) is 0 Å². The standard InChI is InChI=1S/C20H22N2O4/c1-25-14-9-10-16(20(21)24)18(11-14)26-12-19(23)22-17-8-4-6-13-5-2-3-7-15(13)17/h2-3,5,7,9-11,17H,4,6,8,12H2,1H3,(H2,21,24)(H,22,23)/t17-/m0/s1. The third-order valence-electron chi connectivity index (χ3n) is 4.52. The molecule has 0 radical (unpaired) electrons. The number of nitrogens with one attached hydrogen (secondary N) is 1. The molecule has 1 aliphatic rings. The van der Waals surface area contributed by atoms with E-state index in [2.05, 4.69) is 11.4 Å². The Morgan fingerprint density at radius 1 is 1.23 bits per heavy atom. The van der Waals surface area contributed by atoms with Crippen LogP contribution in [0.15, 0.2) is 42.5 Å². The van der Waals surface area contributed by atoms with Crippen molar-refractivity contribution in [2.24, 2.45) is 5.73 Å². The van der Waals surface area contributed by atoms with Gasteiger partial charge < -0.3 is 20.5 Å². The third-order valence-corrected chi connectivity index (χ3v) is 4.52. The van der Waals surface area contributed by atoms with E-state index in [1.54, 1.807) is 12.1 Å². The minimum absolute atomic E-state index is 0.0167. The summed E-state index contributed by atoms with van der Waals surface area (Å²) in [5.74, 6) is -0.114. The Bertz CT molecular complexity index is 819. The van der Waals surface area contributed by atoms with Gasteiger partial charge in [0.05, 0.1) is 18.7 Å². The predicted octanol–water partition coefficient (Wildman–Crippen LogP) is 2.37. The summed E-state index contributed by atoms with van der Waals surface area (Å²) in [6.07, 6.45) is 2.96. The fourth-order valence-electron chi connectivity index (χ4n) is 3.24. The third kappa shape index (κ3) is 3.96. The van der Waals surface area contributed by atoms with Crippen LogP contribution in [-0.2, 0) is 11.2 Å². The van der Waals surface area contributed by atoms with E-state index in [4.69, 9.17) is 15.2 Å². The first kappa shape index (κ1) is 17.8. The largest absolute Gasteiger partial charge is 0.497 e. The number of ether oxygens (including phenoxy) is 2. The van der Waals surface area contributed by atoms with Gasteiger partial charge in [-0.05, 0) is 42.5 Å². The Morgan fingerprint density at radius 2 is 2.04 bits per heavy atom. The molecule has 3 rings (SSSR count). The van der Waals surface area contributed by atoms with E-state index in [0.717, 1.165) is 24.8 Å². The second-order valence-electron chi connectivity index (χ2n) is 6.23. The number of hydrogen-bond donors (Lipinski definition) is 2. The van der Waals surface area contributed by atoms with E-state index >= 15 is 0 Å². The van der Waals surface area contributed by atoms with Crippen LogP contribution < -0.4 is 20.5 Å². The van der Waals surface area contributed by atoms with Crippen molar-refractivity contribution in [3.05, 3.63) is 59.2 Å². The quantitative estimate of drug-likeness (QED) is 0.833. The normalized spacial score (nSPS) is 15.7. The number of amides is 2. The molecule has 0 heterocycles. The Balaban J connectivity index is 1.66. The molecule has 0 unspecified atom stereocenters. The average molecular weight is 354 g/mol. The molecule has 0 aliphatic heterocycles. The minimum Gasteiger partial charge on any atom is -0.497 e. The molecule has 0 spiro atoms. The summed E-state index contributed by atoms with van der Waals surface area (Å²) in [4.78, 5) is 23.9. The van der Waals surface area contributed by atoms with Crippen molar-refractivity contribution in [2.75, 3.05) is 13.7 Å². The Kier molecular flexibility index (Phi) is 5.41. The number of carbonyl (C=O) groups is 2. The highest BCUT2D eigenvalue weighted by Gasteiger charge is 2.21. The molecule has 1 aliphatic carbocycles. The van der Waals surface area contributed by atoms with Gasteiger partial charge in [0, 0.05) is 6.07 Å². The van der Waals surface area contributed by atoms with Gasteiger partial charge >= 0.3 is 0 Å². The first-order valence-corrected chi connectivity index (χ1v) is 8.56. The molecule has 2 aromatic carbocycles. The zero-order valence-corrected chi connectivity index (χ0v) is 14.7. The number of hydrogen-bond acceptors (Lipinski definition) is 4. The van der Waals surface area contributed by atoms with Gasteiger partial charge in [-0.1, -0.05) is 24.3 Å². The molecule has 0 bridgehead atoms. The lowest BCUT2D eigenvalue weighted by molar-refractivity contribution is -0.124. The lowest BCUT2D eigenvalue weighted by atomic mass is 9.88. The summed E-state index contributed by atoms with van der Waals surface area (Å²) < 4.78 is 10.7. The van der Waals surface area contributed by atoms with Crippen LogP contribution in [0.4, 0.5) is 0 Å². The second kappa shape index (κ2) is 7.91. The molecule has 6 nitrogen and oxygen atoms in total. The van der Waals surface area contributed by atoms with Crippen LogP contribution in [0.25, 0.3) is 0 Å². The van der Waals surface area contributed by atoms with Gasteiger partial charge in [-0.3, -0.25) is 9.59 Å². The van der Waals surface area contributed by atoms with E-state index in [0.29, 0.717) is 5.75 Å². The molecule has 26 heavy (non-hydrogen) atoms. The lowest BCUT2D eigenvalue weighted by Crippen LogP contribution is -2.34. The summed E-state index contributed by atoms with van der Waals surface area (Å²) in [5, 5.41) is 3.01. The van der Waals surface area contributed by atoms with E-state index in [1.165, 1.54) is 18.7 Å². The second-order valence-corrected chi connectivity index (χ2v) is 6.23. The summed E-state index contributed by atoms with van der Waals surface area (Å²) in [6, 6.07) is 12.8. The summed E-state index contributed by atoms with van der Waals surface area (Å²) in [5.41, 5.74) is 8.00. The number of methoxy groups -OCH3 is 1. The molecular formula is C20H22N2O4. The van der Waals surface area contributed by atoms with Crippen molar-refractivity contribution in [1.82, 2.24) is 5.32 Å². The monoisotopic (exact) mass is 354 g/mol. The Hall–Kier alpha value is -3.02. The van der Waals surface area contributed by atoms with Gasteiger partial charge in [-0.15, -0.1) is 0 Å². The number of aryl methyl sites for hydroxylation is 1. The summed E-state index contributed by atoms with van der Waals surface area (Å²) in [6.45, 7) is -0.202. The van der Waals surface area contributed by atoms with Crippen LogP contribution in [0.5, 0.6) is 11.5 Å². The highest BCUT2D eigenvalue weighted by atomic mass is 16.5. The highest BCUT2D eigenvalue weighted by molar-refractivity contribution is 5.96. The summed E-state index contributed by atoms with van der Waals surface area (Å²) >= 11 is 0. The average Bonchev–Trinajstić information content (AvgIpc) is 2.66. The van der Waals surface area contributed by atoms with Crippen molar-refractivity contribution in [1.29, 1.82) is 0 Å². The van der Waals surface area contributed by atoms with Crippen LogP contribution in [0, 0.1) is 0 Å². The molecule has 136 valence electrons. The van der Waals surface area contributed by atoms with Gasteiger partial charge in [0.15, 0.2) is 6.61 Å². The Morgan fingerprint density at radius 3 is 2.81 bits per heavy atom. The SMILES string of the molecule is COc1ccc(C(N)=O)c(OCC(=O)N[C@H]2CCCc3ccccc32)c1. The van der Waals surface area contributed by atoms with Gasteiger partial charge in [0.1, 0.15) is 11.5 Å². The van der Waals surface area contributed by atoms with E-state index in [1.807, 2.05) is 18.2 Å². The molecular weight excluding hydrogens is 332 g/mol. The van der Waals surface area contributed by atoms with Gasteiger partial charge in [0.25, 0.3) is 11.8 Å². The topological polar surface area (TPSA) is 90.7 Å². The van der Waals surface area contributed by atoms with Crippen LogP contribution in [-0.4, -0.2) is 25.5 Å². The van der Waals surface area contributed by atoms with Gasteiger partial charge in [-0.25, -0.2) is 0 Å². The van der Waals surface area contributed by atoms with Crippen molar-refractivity contribution in [2.45, 2.75) is 25.3 Å². The number of benzene rings is 2. The summed E-state index contributed by atoms with van der Waals surface area (Å²) in [7, 11) is 1.51. The minimum atomic E-state index is -0.621. The van der Waals surface area contributed by atoms with Gasteiger partial charge in [-0.2, -0.15) is 0 Å². The highest BCUT2D eigenvalue weighted by Crippen LogP contribution is 2.29. The zero-order valence-electron chi connectivity index (χ0n) is 14.7. The van der Waals surface area contributed by atoms with E-state index < -0.39 is 5.91 Å². The molecule has 0 saturated carbocycles. The van der Waals surface area contributed by atoms with Crippen molar-refractivity contribution in [3.8, 4) is 11.5 Å². The number of carbonyl (C=O) groups excluding carboxylic acids is 2. The maximum absolute atomic E-state index is 12.3. The molecule has 2 amide bonds. The number of rotatable bonds is 6. The first-order chi connectivity index (χ1) is 12.6. The molecule has 3 N–H and O–H groups in total. The number of nitrogens with two attached hydrogens (primary N) is 1. The molecule has 0 saturated heterocycles. The van der Waals surface area contributed by atoms with E-state index in [-0.39, 0.29) is 29.9 Å². The van der Waals surface area contributed by atoms with Crippen LogP contribution in [0.1, 0.15) is 40.4 Å².